The molecule has 0 spiro atoms. The molecule has 1 aromatic heterocycles. The van der Waals surface area contributed by atoms with Crippen LogP contribution in [-0.4, -0.2) is 47.6 Å². The minimum atomic E-state index is -0.888. The number of methoxy groups -OCH3 is 2. The molecule has 2 rings (SSSR count). The molecular formula is C14H15ClN4O5. The number of nitrogens with one attached hydrogen (secondary N) is 1. The highest BCUT2D eigenvalue weighted by molar-refractivity contribution is 6.32. The van der Waals surface area contributed by atoms with Crippen molar-refractivity contribution in [2.24, 2.45) is 5.73 Å². The van der Waals surface area contributed by atoms with Crippen LogP contribution in [0.3, 0.4) is 0 Å². The Balaban J connectivity index is 2.45. The number of benzene rings is 1. The van der Waals surface area contributed by atoms with Gasteiger partial charge in [-0.2, -0.15) is 15.4 Å². The second-order valence-electron chi connectivity index (χ2n) is 4.66. The number of carbonyl (C=O) groups is 2. The molecule has 0 fully saturated rings. The second-order valence-corrected chi connectivity index (χ2v) is 5.06. The molecule has 9 nitrogen and oxygen atoms in total. The number of carbonyl (C=O) groups excluding carboxylic acids is 2. The maximum atomic E-state index is 11.5. The molecule has 128 valence electrons. The van der Waals surface area contributed by atoms with Crippen molar-refractivity contribution in [3.05, 3.63) is 22.8 Å². The highest BCUT2D eigenvalue weighted by atomic mass is 35.5. The number of ether oxygens (including phenoxy) is 3. The van der Waals surface area contributed by atoms with Crippen molar-refractivity contribution in [1.29, 1.82) is 0 Å². The van der Waals surface area contributed by atoms with Crippen molar-refractivity contribution < 1.29 is 23.8 Å². The third kappa shape index (κ3) is 3.40. The lowest BCUT2D eigenvalue weighted by molar-refractivity contribution is -0.147. The normalized spacial score (nSPS) is 11.7. The molecular weight excluding hydrogens is 340 g/mol. The Morgan fingerprint density at radius 2 is 2.00 bits per heavy atom. The molecule has 24 heavy (non-hydrogen) atoms. The third-order valence-electron chi connectivity index (χ3n) is 3.11. The Labute approximate surface area is 142 Å². The molecule has 10 heteroatoms. The van der Waals surface area contributed by atoms with Crippen molar-refractivity contribution in [2.75, 3.05) is 14.2 Å². The van der Waals surface area contributed by atoms with Crippen molar-refractivity contribution in [3.63, 3.8) is 0 Å². The first-order valence-electron chi connectivity index (χ1n) is 6.72. The van der Waals surface area contributed by atoms with E-state index < -0.39 is 18.0 Å². The minimum absolute atomic E-state index is 0.0373. The summed E-state index contributed by atoms with van der Waals surface area (Å²) in [7, 11) is 2.66. The van der Waals surface area contributed by atoms with Crippen LogP contribution >= 0.6 is 11.6 Å². The quantitative estimate of drug-likeness (QED) is 0.745. The number of hydrogen-bond acceptors (Lipinski definition) is 7. The summed E-state index contributed by atoms with van der Waals surface area (Å²) in [6, 6.07) is 3.03. The first-order chi connectivity index (χ1) is 11.4. The van der Waals surface area contributed by atoms with E-state index in [2.05, 4.69) is 20.1 Å². The summed E-state index contributed by atoms with van der Waals surface area (Å²) in [4.78, 5) is 22.9. The highest BCUT2D eigenvalue weighted by Gasteiger charge is 2.23. The van der Waals surface area contributed by atoms with Crippen molar-refractivity contribution in [2.45, 2.75) is 13.0 Å². The Hall–Kier alpha value is -2.81. The van der Waals surface area contributed by atoms with Gasteiger partial charge in [0.1, 0.15) is 5.69 Å². The summed E-state index contributed by atoms with van der Waals surface area (Å²) in [6.07, 6.45) is -0.888. The number of H-pyrrole nitrogens is 1. The fraction of sp³-hybridized carbons (Fsp3) is 0.286. The van der Waals surface area contributed by atoms with Gasteiger partial charge in [-0.1, -0.05) is 11.6 Å². The monoisotopic (exact) mass is 354 g/mol. The maximum Gasteiger partial charge on any atom is 0.346 e. The van der Waals surface area contributed by atoms with E-state index in [1.54, 1.807) is 0 Å². The molecule has 0 bridgehead atoms. The van der Waals surface area contributed by atoms with E-state index in [4.69, 9.17) is 26.8 Å². The van der Waals surface area contributed by atoms with E-state index in [-0.39, 0.29) is 27.9 Å². The molecule has 0 aliphatic carbocycles. The smallest absolute Gasteiger partial charge is 0.346 e. The number of nitrogens with two attached hydrogens (primary N) is 1. The van der Waals surface area contributed by atoms with Crippen LogP contribution in [-0.2, 0) is 9.53 Å². The van der Waals surface area contributed by atoms with Gasteiger partial charge in [-0.05, 0) is 19.1 Å². The standard InChI is InChI=1S/C14H15ClN4O5/c1-6(14(21)23-3)24-12-8(15)4-7(5-9(12)22-2)10-11(13(16)20)18-19-17-10/h4-6H,1-3H3,(H2,16,20)(H,17,18,19). The summed E-state index contributed by atoms with van der Waals surface area (Å²) >= 11 is 6.22. The summed E-state index contributed by atoms with van der Waals surface area (Å²) in [5.74, 6) is -0.908. The van der Waals surface area contributed by atoms with E-state index in [0.29, 0.717) is 5.56 Å². The number of nitrogens with zero attached hydrogens (tertiary/aromatic N) is 2. The van der Waals surface area contributed by atoms with Crippen LogP contribution in [0.1, 0.15) is 17.4 Å². The summed E-state index contributed by atoms with van der Waals surface area (Å²) in [5, 5.41) is 10.1. The largest absolute Gasteiger partial charge is 0.493 e. The lowest BCUT2D eigenvalue weighted by Gasteiger charge is -2.17. The molecule has 1 atom stereocenters. The molecule has 1 amide bonds. The molecule has 1 unspecified atom stereocenters. The van der Waals surface area contributed by atoms with Crippen LogP contribution < -0.4 is 15.2 Å². The number of halogens is 1. The summed E-state index contributed by atoms with van der Waals surface area (Å²) in [6.45, 7) is 1.51. The number of amides is 1. The molecule has 0 saturated heterocycles. The first-order valence-corrected chi connectivity index (χ1v) is 7.09. The number of esters is 1. The molecule has 3 N–H and O–H groups in total. The van der Waals surface area contributed by atoms with Gasteiger partial charge < -0.3 is 19.9 Å². The van der Waals surface area contributed by atoms with Crippen LogP contribution in [0.15, 0.2) is 12.1 Å². The highest BCUT2D eigenvalue weighted by Crippen LogP contribution is 2.40. The van der Waals surface area contributed by atoms with Crippen molar-refractivity contribution >= 4 is 23.5 Å². The van der Waals surface area contributed by atoms with Gasteiger partial charge in [0.2, 0.25) is 0 Å². The number of hydrogen-bond donors (Lipinski definition) is 2. The van der Waals surface area contributed by atoms with Crippen LogP contribution in [0.5, 0.6) is 11.5 Å². The van der Waals surface area contributed by atoms with Gasteiger partial charge in [0.15, 0.2) is 23.3 Å². The fourth-order valence-electron chi connectivity index (χ4n) is 1.97. The maximum absolute atomic E-state index is 11.5. The predicted molar refractivity (Wildman–Crippen MR) is 84.0 cm³/mol. The van der Waals surface area contributed by atoms with E-state index in [0.717, 1.165) is 0 Å². The summed E-state index contributed by atoms with van der Waals surface area (Å²) in [5.41, 5.74) is 5.87. The van der Waals surface area contributed by atoms with Gasteiger partial charge >= 0.3 is 5.97 Å². The number of rotatable bonds is 6. The van der Waals surface area contributed by atoms with Gasteiger partial charge in [-0.25, -0.2) is 4.79 Å². The molecule has 0 aliphatic rings. The minimum Gasteiger partial charge on any atom is -0.493 e. The Morgan fingerprint density at radius 1 is 1.29 bits per heavy atom. The van der Waals surface area contributed by atoms with Crippen molar-refractivity contribution in [1.82, 2.24) is 15.4 Å². The van der Waals surface area contributed by atoms with Gasteiger partial charge in [-0.3, -0.25) is 4.79 Å². The molecule has 2 aromatic rings. The van der Waals surface area contributed by atoms with Gasteiger partial charge in [0.25, 0.3) is 5.91 Å². The number of aromatic amines is 1. The SMILES string of the molecule is COC(=O)C(C)Oc1c(Cl)cc(-c2n[nH]nc2C(N)=O)cc1OC. The molecule has 1 heterocycles. The first kappa shape index (κ1) is 17.5. The second kappa shape index (κ2) is 7.18. The molecule has 0 saturated carbocycles. The Bertz CT molecular complexity index is 777. The topological polar surface area (TPSA) is 129 Å². The van der Waals surface area contributed by atoms with Gasteiger partial charge in [-0.15, -0.1) is 0 Å². The number of aromatic nitrogens is 3. The zero-order valence-corrected chi connectivity index (χ0v) is 13.9. The van der Waals surface area contributed by atoms with E-state index in [9.17, 15) is 9.59 Å². The number of primary amides is 1. The van der Waals surface area contributed by atoms with Gasteiger partial charge in [0.05, 0.1) is 19.2 Å². The molecule has 1 aromatic carbocycles. The van der Waals surface area contributed by atoms with E-state index in [1.165, 1.54) is 33.3 Å². The lowest BCUT2D eigenvalue weighted by atomic mass is 10.1. The van der Waals surface area contributed by atoms with Crippen LogP contribution in [0.2, 0.25) is 5.02 Å². The fourth-order valence-corrected chi connectivity index (χ4v) is 2.22. The van der Waals surface area contributed by atoms with Crippen molar-refractivity contribution in [3.8, 4) is 22.8 Å². The Morgan fingerprint density at radius 3 is 2.58 bits per heavy atom. The average Bonchev–Trinajstić information content (AvgIpc) is 3.05. The van der Waals surface area contributed by atoms with Crippen LogP contribution in [0, 0.1) is 0 Å². The molecule has 0 radical (unpaired) electrons. The zero-order chi connectivity index (χ0) is 17.9. The average molecular weight is 355 g/mol. The van der Waals surface area contributed by atoms with Crippen LogP contribution in [0.25, 0.3) is 11.3 Å². The molecule has 0 aliphatic heterocycles. The van der Waals surface area contributed by atoms with E-state index in [1.807, 2.05) is 0 Å². The van der Waals surface area contributed by atoms with Crippen LogP contribution in [0.4, 0.5) is 0 Å². The Kier molecular flexibility index (Phi) is 5.24. The zero-order valence-electron chi connectivity index (χ0n) is 13.1. The summed E-state index contributed by atoms with van der Waals surface area (Å²) < 4.78 is 15.3. The van der Waals surface area contributed by atoms with E-state index >= 15 is 0 Å². The third-order valence-corrected chi connectivity index (χ3v) is 3.39. The predicted octanol–water partition coefficient (Wildman–Crippen LogP) is 1.17. The lowest BCUT2D eigenvalue weighted by Crippen LogP contribution is -2.25. The van der Waals surface area contributed by atoms with Gasteiger partial charge in [0, 0.05) is 5.56 Å².